The summed E-state index contributed by atoms with van der Waals surface area (Å²) in [7, 11) is 0. The van der Waals surface area contributed by atoms with Gasteiger partial charge in [-0.1, -0.05) is 31.3 Å². The average Bonchev–Trinajstić information content (AvgIpc) is 2.89. The molecule has 0 N–H and O–H groups in total. The predicted octanol–water partition coefficient (Wildman–Crippen LogP) is 4.76. The molecule has 18 heavy (non-hydrogen) atoms. The van der Waals surface area contributed by atoms with Gasteiger partial charge in [-0.25, -0.2) is 0 Å². The van der Waals surface area contributed by atoms with Gasteiger partial charge in [0, 0.05) is 5.92 Å². The monoisotopic (exact) mass is 246 g/mol. The number of hydrogen-bond donors (Lipinski definition) is 0. The summed E-state index contributed by atoms with van der Waals surface area (Å²) in [6, 6.07) is 0. The largest absolute Gasteiger partial charge is 0.367 e. The van der Waals surface area contributed by atoms with Crippen molar-refractivity contribution in [1.82, 2.24) is 0 Å². The molecule has 100 valence electrons. The third-order valence-corrected chi connectivity index (χ3v) is 6.00. The van der Waals surface area contributed by atoms with E-state index < -0.39 is 0 Å². The van der Waals surface area contributed by atoms with Crippen molar-refractivity contribution in [3.05, 3.63) is 11.1 Å². The molecule has 2 saturated carbocycles. The molecule has 2 atom stereocenters. The number of fused-ring (bicyclic) bond motifs is 3. The smallest absolute Gasteiger partial charge is 0.0898 e. The summed E-state index contributed by atoms with van der Waals surface area (Å²) < 4.78 is 6.75. The van der Waals surface area contributed by atoms with Crippen LogP contribution in [0.2, 0.25) is 0 Å². The van der Waals surface area contributed by atoms with E-state index in [0.717, 1.165) is 5.92 Å². The Hall–Kier alpha value is -0.300. The van der Waals surface area contributed by atoms with E-state index in [1.165, 1.54) is 77.0 Å². The van der Waals surface area contributed by atoms with Gasteiger partial charge in [0.1, 0.15) is 0 Å². The maximum absolute atomic E-state index is 6.75. The molecule has 0 aromatic heterocycles. The fraction of sp³-hybridized carbons (Fsp3) is 0.882. The molecule has 1 aliphatic heterocycles. The Kier molecular flexibility index (Phi) is 2.80. The molecular weight excluding hydrogens is 220 g/mol. The number of hydrogen-bond acceptors (Lipinski definition) is 1. The Morgan fingerprint density at radius 2 is 1.61 bits per heavy atom. The minimum absolute atomic E-state index is 0.230. The van der Waals surface area contributed by atoms with Crippen molar-refractivity contribution >= 4 is 0 Å². The maximum Gasteiger partial charge on any atom is 0.0898 e. The first-order valence-corrected chi connectivity index (χ1v) is 8.29. The van der Waals surface area contributed by atoms with E-state index in [9.17, 15) is 0 Å². The van der Waals surface area contributed by atoms with Crippen molar-refractivity contribution in [1.29, 1.82) is 0 Å². The zero-order valence-electron chi connectivity index (χ0n) is 11.5. The quantitative estimate of drug-likeness (QED) is 0.560. The molecule has 0 aromatic rings. The Balaban J connectivity index is 1.76. The molecule has 0 aromatic carbocycles. The molecule has 0 bridgehead atoms. The second kappa shape index (κ2) is 4.37. The molecule has 0 amide bonds. The van der Waals surface area contributed by atoms with Crippen molar-refractivity contribution in [2.45, 2.75) is 88.8 Å². The van der Waals surface area contributed by atoms with Gasteiger partial charge >= 0.3 is 0 Å². The van der Waals surface area contributed by atoms with Crippen molar-refractivity contribution < 1.29 is 4.74 Å². The lowest BCUT2D eigenvalue weighted by atomic mass is 9.68. The zero-order valence-corrected chi connectivity index (χ0v) is 11.5. The van der Waals surface area contributed by atoms with Crippen LogP contribution in [-0.4, -0.2) is 11.7 Å². The number of rotatable bonds is 0. The summed E-state index contributed by atoms with van der Waals surface area (Å²) >= 11 is 0. The first-order valence-electron chi connectivity index (χ1n) is 8.29. The van der Waals surface area contributed by atoms with E-state index in [-0.39, 0.29) is 5.60 Å². The lowest BCUT2D eigenvalue weighted by Gasteiger charge is -2.49. The summed E-state index contributed by atoms with van der Waals surface area (Å²) in [5.74, 6) is 0.820. The van der Waals surface area contributed by atoms with Crippen LogP contribution in [0.5, 0.6) is 0 Å². The number of ether oxygens (including phenoxy) is 1. The lowest BCUT2D eigenvalue weighted by Crippen LogP contribution is -2.47. The van der Waals surface area contributed by atoms with E-state index in [0.29, 0.717) is 6.10 Å². The van der Waals surface area contributed by atoms with Crippen molar-refractivity contribution in [3.8, 4) is 0 Å². The summed E-state index contributed by atoms with van der Waals surface area (Å²) in [6.45, 7) is 0. The van der Waals surface area contributed by atoms with Crippen LogP contribution >= 0.6 is 0 Å². The van der Waals surface area contributed by atoms with E-state index >= 15 is 0 Å². The Labute approximate surface area is 111 Å². The predicted molar refractivity (Wildman–Crippen MR) is 73.5 cm³/mol. The first-order chi connectivity index (χ1) is 8.89. The topological polar surface area (TPSA) is 9.23 Å². The van der Waals surface area contributed by atoms with Gasteiger partial charge < -0.3 is 4.74 Å². The summed E-state index contributed by atoms with van der Waals surface area (Å²) in [5, 5.41) is 0. The highest BCUT2D eigenvalue weighted by Crippen LogP contribution is 2.53. The SMILES string of the molecule is C1CCC2=C(C1)[C@H]1CCCC[C@H]1OC21CCCC1. The summed E-state index contributed by atoms with van der Waals surface area (Å²) in [5.41, 5.74) is 3.92. The third kappa shape index (κ3) is 1.62. The average molecular weight is 246 g/mol. The molecule has 3 aliphatic carbocycles. The second-order valence-electron chi connectivity index (χ2n) is 6.96. The van der Waals surface area contributed by atoms with Gasteiger partial charge in [0.05, 0.1) is 11.7 Å². The molecule has 1 heteroatoms. The van der Waals surface area contributed by atoms with Crippen LogP contribution in [0.25, 0.3) is 0 Å². The second-order valence-corrected chi connectivity index (χ2v) is 6.96. The van der Waals surface area contributed by atoms with Gasteiger partial charge in [-0.3, -0.25) is 0 Å². The molecule has 4 aliphatic rings. The molecular formula is C17H26O. The lowest BCUT2D eigenvalue weighted by molar-refractivity contribution is -0.115. The highest BCUT2D eigenvalue weighted by atomic mass is 16.5. The zero-order chi connectivity index (χ0) is 12.0. The highest BCUT2D eigenvalue weighted by Gasteiger charge is 2.48. The van der Waals surface area contributed by atoms with Crippen LogP contribution in [0.4, 0.5) is 0 Å². The van der Waals surface area contributed by atoms with Crippen LogP contribution in [-0.2, 0) is 4.74 Å². The van der Waals surface area contributed by atoms with Crippen molar-refractivity contribution in [3.63, 3.8) is 0 Å². The van der Waals surface area contributed by atoms with Gasteiger partial charge in [-0.15, -0.1) is 0 Å². The fourth-order valence-electron chi connectivity index (χ4n) is 5.22. The van der Waals surface area contributed by atoms with Gasteiger partial charge in [0.15, 0.2) is 0 Å². The molecule has 0 unspecified atom stereocenters. The van der Waals surface area contributed by atoms with Gasteiger partial charge in [0.2, 0.25) is 0 Å². The minimum atomic E-state index is 0.230. The van der Waals surface area contributed by atoms with Crippen molar-refractivity contribution in [2.75, 3.05) is 0 Å². The molecule has 2 fully saturated rings. The van der Waals surface area contributed by atoms with Crippen molar-refractivity contribution in [2.24, 2.45) is 5.92 Å². The first kappa shape index (κ1) is 11.5. The summed E-state index contributed by atoms with van der Waals surface area (Å²) in [4.78, 5) is 0. The molecule has 4 rings (SSSR count). The maximum atomic E-state index is 6.75. The third-order valence-electron chi connectivity index (χ3n) is 6.00. The van der Waals surface area contributed by atoms with E-state index in [1.807, 2.05) is 5.57 Å². The van der Waals surface area contributed by atoms with Gasteiger partial charge in [0.25, 0.3) is 0 Å². The Morgan fingerprint density at radius 1 is 0.833 bits per heavy atom. The molecule has 1 spiro atoms. The van der Waals surface area contributed by atoms with Gasteiger partial charge in [-0.05, 0) is 56.9 Å². The van der Waals surface area contributed by atoms with Crippen LogP contribution in [0.3, 0.4) is 0 Å². The standard InChI is InChI=1S/C17H26O/c1-3-9-15-13(7-1)14-8-2-4-10-16(14)18-17(15)11-5-6-12-17/h14,16H,1-12H2/t14-,16-/m1/s1. The van der Waals surface area contributed by atoms with Crippen LogP contribution in [0, 0.1) is 5.92 Å². The van der Waals surface area contributed by atoms with Crippen LogP contribution in [0.15, 0.2) is 11.1 Å². The Bertz CT molecular complexity index is 362. The van der Waals surface area contributed by atoms with Crippen LogP contribution < -0.4 is 0 Å². The fourth-order valence-corrected chi connectivity index (χ4v) is 5.22. The van der Waals surface area contributed by atoms with E-state index in [4.69, 9.17) is 4.74 Å². The van der Waals surface area contributed by atoms with E-state index in [2.05, 4.69) is 0 Å². The summed E-state index contributed by atoms with van der Waals surface area (Å²) in [6.07, 6.45) is 17.3. The van der Waals surface area contributed by atoms with Crippen LogP contribution in [0.1, 0.15) is 77.0 Å². The molecule has 1 nitrogen and oxygen atoms in total. The van der Waals surface area contributed by atoms with E-state index in [1.54, 1.807) is 5.57 Å². The minimum Gasteiger partial charge on any atom is -0.367 e. The Morgan fingerprint density at radius 3 is 2.50 bits per heavy atom. The highest BCUT2D eigenvalue weighted by molar-refractivity contribution is 5.33. The molecule has 1 heterocycles. The molecule has 0 saturated heterocycles. The normalized spacial score (nSPS) is 38.7. The molecule has 0 radical (unpaired) electrons. The van der Waals surface area contributed by atoms with Gasteiger partial charge in [-0.2, -0.15) is 0 Å².